The second kappa shape index (κ2) is 4.58. The highest BCUT2D eigenvalue weighted by atomic mass is 32.1. The largest absolute Gasteiger partial charge is 0.279 e. The number of thiophene rings is 1. The Morgan fingerprint density at radius 2 is 2.00 bits per heavy atom. The first-order chi connectivity index (χ1) is 6.95. The molecular formula is C11H10N2S. The van der Waals surface area contributed by atoms with Gasteiger partial charge in [-0.15, -0.1) is 0 Å². The van der Waals surface area contributed by atoms with Crippen molar-refractivity contribution < 1.29 is 0 Å². The van der Waals surface area contributed by atoms with Crippen LogP contribution in [0.25, 0.3) is 0 Å². The lowest BCUT2D eigenvalue weighted by Gasteiger charge is -1.96. The Bertz CT molecular complexity index is 392. The summed E-state index contributed by atoms with van der Waals surface area (Å²) in [5.41, 5.74) is 5.08. The summed E-state index contributed by atoms with van der Waals surface area (Å²) >= 11 is 1.67. The molecule has 0 amide bonds. The Labute approximate surface area is 86.9 Å². The van der Waals surface area contributed by atoms with Crippen LogP contribution in [0.3, 0.4) is 0 Å². The van der Waals surface area contributed by atoms with Crippen molar-refractivity contribution in [1.82, 2.24) is 0 Å². The Morgan fingerprint density at radius 3 is 2.71 bits per heavy atom. The SMILES string of the molecule is C(=N/Nc1ccccc1)/c1ccsc1. The number of hydrogen-bond acceptors (Lipinski definition) is 3. The van der Waals surface area contributed by atoms with Gasteiger partial charge >= 0.3 is 0 Å². The number of nitrogens with one attached hydrogen (secondary N) is 1. The second-order valence-electron chi connectivity index (χ2n) is 2.79. The van der Waals surface area contributed by atoms with Crippen LogP contribution >= 0.6 is 11.3 Å². The quantitative estimate of drug-likeness (QED) is 0.600. The molecule has 1 heterocycles. The molecule has 0 spiro atoms. The van der Waals surface area contributed by atoms with Gasteiger partial charge in [-0.3, -0.25) is 5.43 Å². The molecule has 0 aliphatic carbocycles. The minimum atomic E-state index is 0.999. The van der Waals surface area contributed by atoms with Gasteiger partial charge in [0.25, 0.3) is 0 Å². The molecule has 70 valence electrons. The zero-order valence-electron chi connectivity index (χ0n) is 7.55. The van der Waals surface area contributed by atoms with E-state index in [1.54, 1.807) is 11.3 Å². The van der Waals surface area contributed by atoms with Gasteiger partial charge in [-0.1, -0.05) is 18.2 Å². The molecule has 0 unspecified atom stereocenters. The van der Waals surface area contributed by atoms with Crippen LogP contribution < -0.4 is 5.43 Å². The Kier molecular flexibility index (Phi) is 2.93. The molecule has 0 saturated heterocycles. The third-order valence-electron chi connectivity index (χ3n) is 1.72. The fourth-order valence-electron chi connectivity index (χ4n) is 1.04. The molecule has 0 aliphatic heterocycles. The second-order valence-corrected chi connectivity index (χ2v) is 3.57. The first kappa shape index (κ1) is 8.97. The zero-order chi connectivity index (χ0) is 9.64. The summed E-state index contributed by atoms with van der Waals surface area (Å²) in [7, 11) is 0. The van der Waals surface area contributed by atoms with Gasteiger partial charge in [-0.2, -0.15) is 16.4 Å². The van der Waals surface area contributed by atoms with E-state index in [2.05, 4.69) is 15.9 Å². The minimum Gasteiger partial charge on any atom is -0.279 e. The maximum atomic E-state index is 4.12. The molecule has 1 N–H and O–H groups in total. The van der Waals surface area contributed by atoms with Crippen molar-refractivity contribution in [3.63, 3.8) is 0 Å². The number of hydrazone groups is 1. The highest BCUT2D eigenvalue weighted by molar-refractivity contribution is 7.08. The molecule has 2 aromatic rings. The average molecular weight is 202 g/mol. The third-order valence-corrected chi connectivity index (χ3v) is 2.43. The molecule has 2 nitrogen and oxygen atoms in total. The molecule has 0 fully saturated rings. The van der Waals surface area contributed by atoms with Gasteiger partial charge in [0.1, 0.15) is 0 Å². The molecule has 3 heteroatoms. The van der Waals surface area contributed by atoms with Gasteiger partial charge in [0, 0.05) is 5.56 Å². The Balaban J connectivity index is 1.95. The van der Waals surface area contributed by atoms with Crippen LogP contribution in [0.15, 0.2) is 52.3 Å². The minimum absolute atomic E-state index is 0.999. The van der Waals surface area contributed by atoms with Crippen LogP contribution in [0, 0.1) is 0 Å². The van der Waals surface area contributed by atoms with Crippen LogP contribution in [0.2, 0.25) is 0 Å². The fraction of sp³-hybridized carbons (Fsp3) is 0. The molecule has 2 rings (SSSR count). The summed E-state index contributed by atoms with van der Waals surface area (Å²) in [4.78, 5) is 0. The summed E-state index contributed by atoms with van der Waals surface area (Å²) in [5, 5.41) is 8.20. The molecule has 0 bridgehead atoms. The van der Waals surface area contributed by atoms with Crippen LogP contribution in [0.1, 0.15) is 5.56 Å². The lowest BCUT2D eigenvalue weighted by atomic mass is 10.3. The van der Waals surface area contributed by atoms with Gasteiger partial charge in [0.2, 0.25) is 0 Å². The lowest BCUT2D eigenvalue weighted by Crippen LogP contribution is -1.88. The van der Waals surface area contributed by atoms with Crippen molar-refractivity contribution in [2.75, 3.05) is 5.43 Å². The van der Waals surface area contributed by atoms with Crippen LogP contribution in [-0.2, 0) is 0 Å². The van der Waals surface area contributed by atoms with Crippen molar-refractivity contribution >= 4 is 23.2 Å². The number of anilines is 1. The van der Waals surface area contributed by atoms with E-state index in [9.17, 15) is 0 Å². The summed E-state index contributed by atoms with van der Waals surface area (Å²) in [5.74, 6) is 0. The number of para-hydroxylation sites is 1. The van der Waals surface area contributed by atoms with E-state index in [0.29, 0.717) is 0 Å². The van der Waals surface area contributed by atoms with E-state index in [-0.39, 0.29) is 0 Å². The van der Waals surface area contributed by atoms with E-state index in [0.717, 1.165) is 11.3 Å². The van der Waals surface area contributed by atoms with Gasteiger partial charge in [-0.25, -0.2) is 0 Å². The Hall–Kier alpha value is -1.61. The van der Waals surface area contributed by atoms with Crippen molar-refractivity contribution in [3.05, 3.63) is 52.7 Å². The average Bonchev–Trinajstić information content (AvgIpc) is 2.72. The molecule has 0 atom stereocenters. The van der Waals surface area contributed by atoms with E-state index in [4.69, 9.17) is 0 Å². The predicted molar refractivity (Wildman–Crippen MR) is 62.0 cm³/mol. The van der Waals surface area contributed by atoms with E-state index in [1.807, 2.05) is 48.0 Å². The third kappa shape index (κ3) is 2.44. The number of benzene rings is 1. The number of nitrogens with zero attached hydrogens (tertiary/aromatic N) is 1. The molecule has 1 aromatic carbocycles. The maximum absolute atomic E-state index is 4.12. The summed E-state index contributed by atoms with van der Waals surface area (Å²) in [6, 6.07) is 11.9. The monoisotopic (exact) mass is 202 g/mol. The first-order valence-corrected chi connectivity index (χ1v) is 5.26. The van der Waals surface area contributed by atoms with E-state index < -0.39 is 0 Å². The van der Waals surface area contributed by atoms with Crippen molar-refractivity contribution in [2.45, 2.75) is 0 Å². The van der Waals surface area contributed by atoms with Crippen molar-refractivity contribution in [3.8, 4) is 0 Å². The van der Waals surface area contributed by atoms with Gasteiger partial charge in [-0.05, 0) is 29.0 Å². The highest BCUT2D eigenvalue weighted by Crippen LogP contribution is 2.05. The van der Waals surface area contributed by atoms with Crippen molar-refractivity contribution in [2.24, 2.45) is 5.10 Å². The highest BCUT2D eigenvalue weighted by Gasteiger charge is 1.86. The molecule has 0 radical (unpaired) electrons. The summed E-state index contributed by atoms with van der Waals surface area (Å²) in [6.07, 6.45) is 1.81. The molecule has 0 saturated carbocycles. The van der Waals surface area contributed by atoms with Crippen LogP contribution in [-0.4, -0.2) is 6.21 Å². The van der Waals surface area contributed by atoms with Crippen LogP contribution in [0.4, 0.5) is 5.69 Å². The first-order valence-electron chi connectivity index (χ1n) is 4.31. The topological polar surface area (TPSA) is 24.4 Å². The van der Waals surface area contributed by atoms with Gasteiger partial charge < -0.3 is 0 Å². The number of rotatable bonds is 3. The zero-order valence-corrected chi connectivity index (χ0v) is 8.37. The van der Waals surface area contributed by atoms with Gasteiger partial charge in [0.15, 0.2) is 0 Å². The molecule has 1 aromatic heterocycles. The van der Waals surface area contributed by atoms with Crippen molar-refractivity contribution in [1.29, 1.82) is 0 Å². The fourth-order valence-corrected chi connectivity index (χ4v) is 1.65. The van der Waals surface area contributed by atoms with E-state index >= 15 is 0 Å². The summed E-state index contributed by atoms with van der Waals surface area (Å²) < 4.78 is 0. The standard InChI is InChI=1S/C11H10N2S/c1-2-4-11(5-3-1)13-12-8-10-6-7-14-9-10/h1-9,13H/b12-8-. The molecule has 0 aliphatic rings. The predicted octanol–water partition coefficient (Wildman–Crippen LogP) is 3.19. The maximum Gasteiger partial charge on any atom is 0.0561 e. The van der Waals surface area contributed by atoms with Gasteiger partial charge in [0.05, 0.1) is 11.9 Å². The van der Waals surface area contributed by atoms with E-state index in [1.165, 1.54) is 0 Å². The molecule has 14 heavy (non-hydrogen) atoms. The number of hydrogen-bond donors (Lipinski definition) is 1. The molecular weight excluding hydrogens is 192 g/mol. The van der Waals surface area contributed by atoms with Crippen LogP contribution in [0.5, 0.6) is 0 Å². The lowest BCUT2D eigenvalue weighted by molar-refractivity contribution is 1.35. The Morgan fingerprint density at radius 1 is 1.14 bits per heavy atom. The summed E-state index contributed by atoms with van der Waals surface area (Å²) in [6.45, 7) is 0. The normalized spacial score (nSPS) is 10.6. The smallest absolute Gasteiger partial charge is 0.0561 e.